The molecule has 2 aliphatic rings. The smallest absolute Gasteiger partial charge is 0.0828 e. The van der Waals surface area contributed by atoms with Crippen LogP contribution >= 0.6 is 0 Å². The van der Waals surface area contributed by atoms with E-state index in [0.29, 0.717) is 12.1 Å². The number of rotatable bonds is 6. The van der Waals surface area contributed by atoms with Gasteiger partial charge in [0.05, 0.1) is 12.7 Å². The van der Waals surface area contributed by atoms with Crippen LogP contribution in [0.5, 0.6) is 0 Å². The zero-order valence-corrected chi connectivity index (χ0v) is 11.9. The molecule has 1 saturated carbocycles. The molecule has 0 amide bonds. The molecule has 1 N–H and O–H groups in total. The van der Waals surface area contributed by atoms with Crippen molar-refractivity contribution in [2.45, 2.75) is 51.2 Å². The van der Waals surface area contributed by atoms with Crippen LogP contribution in [0.15, 0.2) is 24.3 Å². The highest BCUT2D eigenvalue weighted by atomic mass is 16.5. The molecule has 2 heteroatoms. The molecule has 3 rings (SSSR count). The van der Waals surface area contributed by atoms with Gasteiger partial charge in [-0.1, -0.05) is 24.3 Å². The molecule has 1 aromatic carbocycles. The van der Waals surface area contributed by atoms with Crippen LogP contribution in [-0.4, -0.2) is 19.2 Å². The predicted octanol–water partition coefficient (Wildman–Crippen LogP) is 3.47. The van der Waals surface area contributed by atoms with Crippen LogP contribution in [0.2, 0.25) is 0 Å². The Morgan fingerprint density at radius 2 is 2.11 bits per heavy atom. The Bertz CT molecular complexity index is 413. The van der Waals surface area contributed by atoms with Crippen molar-refractivity contribution in [1.29, 1.82) is 0 Å². The zero-order valence-electron chi connectivity index (χ0n) is 11.9. The molecular weight excluding hydrogens is 234 g/mol. The first-order valence-corrected chi connectivity index (χ1v) is 7.77. The minimum absolute atomic E-state index is 0.322. The first-order chi connectivity index (χ1) is 9.34. The largest absolute Gasteiger partial charge is 0.372 e. The van der Waals surface area contributed by atoms with E-state index in [1.165, 1.54) is 43.2 Å². The summed E-state index contributed by atoms with van der Waals surface area (Å²) >= 11 is 0. The third-order valence-electron chi connectivity index (χ3n) is 4.53. The molecule has 0 saturated heterocycles. The molecule has 1 aromatic rings. The minimum Gasteiger partial charge on any atom is -0.372 e. The summed E-state index contributed by atoms with van der Waals surface area (Å²) in [6.07, 6.45) is 6.79. The average Bonchev–Trinajstić information content (AvgIpc) is 3.28. The normalized spacial score (nSPS) is 23.9. The number of benzene rings is 1. The summed E-state index contributed by atoms with van der Waals surface area (Å²) in [6, 6.07) is 9.42. The van der Waals surface area contributed by atoms with Gasteiger partial charge in [-0.2, -0.15) is 0 Å². The van der Waals surface area contributed by atoms with E-state index < -0.39 is 0 Å². The summed E-state index contributed by atoms with van der Waals surface area (Å²) in [6.45, 7) is 4.11. The van der Waals surface area contributed by atoms with Crippen molar-refractivity contribution in [3.8, 4) is 0 Å². The van der Waals surface area contributed by atoms with Crippen molar-refractivity contribution in [3.05, 3.63) is 35.4 Å². The Balaban J connectivity index is 1.45. The van der Waals surface area contributed by atoms with Crippen LogP contribution in [0.3, 0.4) is 0 Å². The maximum Gasteiger partial charge on any atom is 0.0828 e. The van der Waals surface area contributed by atoms with Gasteiger partial charge in [0.15, 0.2) is 0 Å². The summed E-state index contributed by atoms with van der Waals surface area (Å²) in [4.78, 5) is 0. The maximum atomic E-state index is 6.10. The van der Waals surface area contributed by atoms with E-state index in [2.05, 4.69) is 36.5 Å². The van der Waals surface area contributed by atoms with Gasteiger partial charge in [0.2, 0.25) is 0 Å². The van der Waals surface area contributed by atoms with Gasteiger partial charge in [0.1, 0.15) is 0 Å². The molecule has 0 radical (unpaired) electrons. The Hall–Kier alpha value is -0.860. The van der Waals surface area contributed by atoms with Gasteiger partial charge in [0.25, 0.3) is 0 Å². The standard InChI is InChI=1S/C17H25NO/c1-13(14-9-10-14)18-11-12-19-17-8-4-6-15-5-2-3-7-16(15)17/h2-3,5,7,13-14,17-18H,4,6,8-12H2,1H3. The molecule has 0 aliphatic heterocycles. The van der Waals surface area contributed by atoms with Gasteiger partial charge in [-0.25, -0.2) is 0 Å². The number of ether oxygens (including phenoxy) is 1. The van der Waals surface area contributed by atoms with Crippen LogP contribution in [-0.2, 0) is 11.2 Å². The summed E-state index contributed by atoms with van der Waals surface area (Å²) in [5.74, 6) is 0.926. The van der Waals surface area contributed by atoms with Crippen molar-refractivity contribution in [2.75, 3.05) is 13.2 Å². The molecule has 0 bridgehead atoms. The van der Waals surface area contributed by atoms with Gasteiger partial charge in [0, 0.05) is 12.6 Å². The third-order valence-corrected chi connectivity index (χ3v) is 4.53. The Morgan fingerprint density at radius 3 is 2.95 bits per heavy atom. The fraction of sp³-hybridized carbons (Fsp3) is 0.647. The van der Waals surface area contributed by atoms with Gasteiger partial charge in [-0.05, 0) is 56.1 Å². The minimum atomic E-state index is 0.322. The number of hydrogen-bond acceptors (Lipinski definition) is 2. The SMILES string of the molecule is CC(NCCOC1CCCc2ccccc21)C1CC1. The van der Waals surface area contributed by atoms with Crippen molar-refractivity contribution < 1.29 is 4.74 Å². The second kappa shape index (κ2) is 6.06. The Morgan fingerprint density at radius 1 is 1.26 bits per heavy atom. The second-order valence-electron chi connectivity index (χ2n) is 6.03. The van der Waals surface area contributed by atoms with Crippen LogP contribution in [0.25, 0.3) is 0 Å². The fourth-order valence-electron chi connectivity index (χ4n) is 3.13. The van der Waals surface area contributed by atoms with Crippen LogP contribution < -0.4 is 5.32 Å². The first-order valence-electron chi connectivity index (χ1n) is 7.77. The molecule has 0 heterocycles. The van der Waals surface area contributed by atoms with Crippen molar-refractivity contribution >= 4 is 0 Å². The van der Waals surface area contributed by atoms with Crippen LogP contribution in [0.4, 0.5) is 0 Å². The summed E-state index contributed by atoms with van der Waals surface area (Å²) in [5, 5.41) is 3.58. The lowest BCUT2D eigenvalue weighted by molar-refractivity contribution is 0.0415. The monoisotopic (exact) mass is 259 g/mol. The van der Waals surface area contributed by atoms with E-state index in [9.17, 15) is 0 Å². The van der Waals surface area contributed by atoms with Crippen molar-refractivity contribution in [3.63, 3.8) is 0 Å². The maximum absolute atomic E-state index is 6.10. The van der Waals surface area contributed by atoms with Crippen LogP contribution in [0.1, 0.15) is 49.8 Å². The van der Waals surface area contributed by atoms with Gasteiger partial charge >= 0.3 is 0 Å². The molecule has 0 aromatic heterocycles. The third kappa shape index (κ3) is 3.37. The molecule has 2 atom stereocenters. The molecule has 2 unspecified atom stereocenters. The molecular formula is C17H25NO. The van der Waals surface area contributed by atoms with E-state index in [4.69, 9.17) is 4.74 Å². The lowest BCUT2D eigenvalue weighted by Crippen LogP contribution is -2.31. The topological polar surface area (TPSA) is 21.3 Å². The van der Waals surface area contributed by atoms with E-state index in [0.717, 1.165) is 19.1 Å². The van der Waals surface area contributed by atoms with E-state index in [1.54, 1.807) is 0 Å². The van der Waals surface area contributed by atoms with Gasteiger partial charge in [-0.15, -0.1) is 0 Å². The predicted molar refractivity (Wildman–Crippen MR) is 78.3 cm³/mol. The summed E-state index contributed by atoms with van der Waals surface area (Å²) in [7, 11) is 0. The summed E-state index contributed by atoms with van der Waals surface area (Å²) in [5.41, 5.74) is 2.90. The molecule has 104 valence electrons. The highest BCUT2D eigenvalue weighted by Crippen LogP contribution is 2.33. The van der Waals surface area contributed by atoms with Gasteiger partial charge in [-0.3, -0.25) is 0 Å². The quantitative estimate of drug-likeness (QED) is 0.790. The van der Waals surface area contributed by atoms with E-state index in [1.807, 2.05) is 0 Å². The zero-order chi connectivity index (χ0) is 13.1. The fourth-order valence-corrected chi connectivity index (χ4v) is 3.13. The molecule has 2 aliphatic carbocycles. The first kappa shape index (κ1) is 13.1. The summed E-state index contributed by atoms with van der Waals surface area (Å²) < 4.78 is 6.10. The van der Waals surface area contributed by atoms with E-state index in [-0.39, 0.29) is 0 Å². The van der Waals surface area contributed by atoms with Crippen molar-refractivity contribution in [1.82, 2.24) is 5.32 Å². The Kier molecular flexibility index (Phi) is 4.19. The molecule has 2 nitrogen and oxygen atoms in total. The molecule has 1 fully saturated rings. The number of aryl methyl sites for hydroxylation is 1. The van der Waals surface area contributed by atoms with Gasteiger partial charge < -0.3 is 10.1 Å². The van der Waals surface area contributed by atoms with E-state index >= 15 is 0 Å². The number of nitrogens with one attached hydrogen (secondary N) is 1. The second-order valence-corrected chi connectivity index (χ2v) is 6.03. The van der Waals surface area contributed by atoms with Crippen molar-refractivity contribution in [2.24, 2.45) is 5.92 Å². The van der Waals surface area contributed by atoms with Crippen LogP contribution in [0, 0.1) is 5.92 Å². The lowest BCUT2D eigenvalue weighted by Gasteiger charge is -2.26. The Labute approximate surface area is 116 Å². The number of hydrogen-bond donors (Lipinski definition) is 1. The molecule has 0 spiro atoms. The number of fused-ring (bicyclic) bond motifs is 1. The average molecular weight is 259 g/mol. The molecule has 19 heavy (non-hydrogen) atoms. The lowest BCUT2D eigenvalue weighted by atomic mass is 9.89. The highest BCUT2D eigenvalue weighted by Gasteiger charge is 2.27. The highest BCUT2D eigenvalue weighted by molar-refractivity contribution is 5.31.